The first-order valence-electron chi connectivity index (χ1n) is 10.3. The van der Waals surface area contributed by atoms with Gasteiger partial charge < -0.3 is 9.47 Å². The summed E-state index contributed by atoms with van der Waals surface area (Å²) in [5.74, 6) is 0.0679. The van der Waals surface area contributed by atoms with E-state index in [0.717, 1.165) is 16.3 Å². The number of aryl methyl sites for hydroxylation is 1. The average molecular weight is 438 g/mol. The van der Waals surface area contributed by atoms with Gasteiger partial charge in [0, 0.05) is 11.1 Å². The minimum atomic E-state index is -0.468. The van der Waals surface area contributed by atoms with Gasteiger partial charge in [-0.25, -0.2) is 10.2 Å². The van der Waals surface area contributed by atoms with Crippen LogP contribution in [-0.4, -0.2) is 25.2 Å². The molecule has 1 amide bonds. The van der Waals surface area contributed by atoms with Crippen LogP contribution in [0.15, 0.2) is 90.0 Å². The van der Waals surface area contributed by atoms with Gasteiger partial charge >= 0.3 is 5.97 Å². The molecule has 164 valence electrons. The van der Waals surface area contributed by atoms with Crippen molar-refractivity contribution in [1.82, 2.24) is 5.43 Å². The molecule has 0 unspecified atom stereocenters. The Balaban J connectivity index is 1.62. The van der Waals surface area contributed by atoms with Crippen molar-refractivity contribution in [3.63, 3.8) is 0 Å². The first-order chi connectivity index (χ1) is 16.0. The summed E-state index contributed by atoms with van der Waals surface area (Å²) < 4.78 is 10.9. The SMILES string of the molecule is COc1cccc(C(=O)NN=Cc2c(OC(=O)c3cccc(C)c3)ccc3ccccc23)c1. The predicted octanol–water partition coefficient (Wildman–Crippen LogP) is 5.14. The van der Waals surface area contributed by atoms with Gasteiger partial charge in [0.2, 0.25) is 0 Å². The summed E-state index contributed by atoms with van der Waals surface area (Å²) in [5, 5.41) is 5.91. The lowest BCUT2D eigenvalue weighted by Crippen LogP contribution is -2.17. The van der Waals surface area contributed by atoms with Crippen LogP contribution in [0.1, 0.15) is 31.8 Å². The number of methoxy groups -OCH3 is 1. The van der Waals surface area contributed by atoms with Crippen LogP contribution in [0.5, 0.6) is 11.5 Å². The van der Waals surface area contributed by atoms with Crippen LogP contribution in [0.2, 0.25) is 0 Å². The molecule has 4 rings (SSSR count). The Bertz CT molecular complexity index is 1360. The smallest absolute Gasteiger partial charge is 0.343 e. The van der Waals surface area contributed by atoms with E-state index in [1.54, 1.807) is 42.5 Å². The Kier molecular flexibility index (Phi) is 6.45. The number of esters is 1. The molecule has 0 aromatic heterocycles. The van der Waals surface area contributed by atoms with Crippen molar-refractivity contribution in [2.45, 2.75) is 6.92 Å². The highest BCUT2D eigenvalue weighted by atomic mass is 16.5. The molecule has 0 aliphatic rings. The summed E-state index contributed by atoms with van der Waals surface area (Å²) in [7, 11) is 1.54. The number of hydrazone groups is 1. The first-order valence-corrected chi connectivity index (χ1v) is 10.3. The number of rotatable bonds is 6. The van der Waals surface area contributed by atoms with Gasteiger partial charge in [0.25, 0.3) is 5.91 Å². The fraction of sp³-hybridized carbons (Fsp3) is 0.0741. The molecule has 4 aromatic carbocycles. The van der Waals surface area contributed by atoms with Crippen LogP contribution in [0.4, 0.5) is 0 Å². The summed E-state index contributed by atoms with van der Waals surface area (Å²) in [5.41, 5.74) is 4.93. The zero-order valence-corrected chi connectivity index (χ0v) is 18.2. The highest BCUT2D eigenvalue weighted by Gasteiger charge is 2.14. The van der Waals surface area contributed by atoms with E-state index < -0.39 is 5.97 Å². The standard InChI is InChI=1S/C27H22N2O4/c1-18-7-5-10-21(15-18)27(31)33-25-14-13-19-8-3-4-12-23(19)24(25)17-28-29-26(30)20-9-6-11-22(16-20)32-2/h3-17H,1-2H3,(H,29,30). The van der Waals surface area contributed by atoms with Gasteiger partial charge in [0.05, 0.1) is 18.9 Å². The van der Waals surface area contributed by atoms with Crippen LogP contribution in [0, 0.1) is 6.92 Å². The van der Waals surface area contributed by atoms with E-state index in [1.807, 2.05) is 49.4 Å². The second-order valence-corrected chi connectivity index (χ2v) is 7.39. The molecule has 0 aliphatic heterocycles. The summed E-state index contributed by atoms with van der Waals surface area (Å²) in [4.78, 5) is 25.2. The van der Waals surface area contributed by atoms with E-state index in [4.69, 9.17) is 9.47 Å². The van der Waals surface area contributed by atoms with Gasteiger partial charge in [-0.3, -0.25) is 4.79 Å². The Hall–Kier alpha value is -4.45. The lowest BCUT2D eigenvalue weighted by atomic mass is 10.0. The van der Waals surface area contributed by atoms with E-state index in [0.29, 0.717) is 28.2 Å². The number of hydrogen-bond donors (Lipinski definition) is 1. The van der Waals surface area contributed by atoms with Crippen LogP contribution in [0.25, 0.3) is 10.8 Å². The minimum Gasteiger partial charge on any atom is -0.497 e. The number of benzene rings is 4. The third-order valence-electron chi connectivity index (χ3n) is 5.08. The summed E-state index contributed by atoms with van der Waals surface area (Å²) in [6.07, 6.45) is 1.49. The minimum absolute atomic E-state index is 0.347. The zero-order chi connectivity index (χ0) is 23.2. The average Bonchev–Trinajstić information content (AvgIpc) is 2.85. The number of nitrogens with zero attached hydrogens (tertiary/aromatic N) is 1. The summed E-state index contributed by atoms with van der Waals surface area (Å²) in [6, 6.07) is 25.2. The normalized spacial score (nSPS) is 10.8. The molecule has 0 saturated heterocycles. The molecule has 4 aromatic rings. The molecule has 0 atom stereocenters. The van der Waals surface area contributed by atoms with Gasteiger partial charge in [0.1, 0.15) is 11.5 Å². The largest absolute Gasteiger partial charge is 0.497 e. The quantitative estimate of drug-likeness (QED) is 0.196. The van der Waals surface area contributed by atoms with E-state index in [2.05, 4.69) is 10.5 Å². The van der Waals surface area contributed by atoms with Crippen molar-refractivity contribution in [3.05, 3.63) is 107 Å². The molecule has 6 nitrogen and oxygen atoms in total. The van der Waals surface area contributed by atoms with E-state index in [9.17, 15) is 9.59 Å². The molecule has 0 bridgehead atoms. The van der Waals surface area contributed by atoms with Crippen LogP contribution < -0.4 is 14.9 Å². The molecule has 0 radical (unpaired) electrons. The van der Waals surface area contributed by atoms with Crippen LogP contribution in [0.3, 0.4) is 0 Å². The Morgan fingerprint density at radius 2 is 1.67 bits per heavy atom. The molecule has 0 heterocycles. The Morgan fingerprint density at radius 1 is 0.879 bits per heavy atom. The number of hydrogen-bond acceptors (Lipinski definition) is 5. The highest BCUT2D eigenvalue weighted by molar-refractivity contribution is 6.04. The monoisotopic (exact) mass is 438 g/mol. The molecule has 6 heteroatoms. The number of fused-ring (bicyclic) bond motifs is 1. The molecule has 1 N–H and O–H groups in total. The second kappa shape index (κ2) is 9.78. The van der Waals surface area contributed by atoms with Gasteiger partial charge in [0.15, 0.2) is 0 Å². The fourth-order valence-electron chi connectivity index (χ4n) is 3.41. The molecular weight excluding hydrogens is 416 g/mol. The number of carbonyl (C=O) groups excluding carboxylic acids is 2. The van der Waals surface area contributed by atoms with E-state index >= 15 is 0 Å². The number of amides is 1. The van der Waals surface area contributed by atoms with E-state index in [-0.39, 0.29) is 5.91 Å². The number of carbonyl (C=O) groups is 2. The van der Waals surface area contributed by atoms with Crippen LogP contribution in [-0.2, 0) is 0 Å². The fourth-order valence-corrected chi connectivity index (χ4v) is 3.41. The lowest BCUT2D eigenvalue weighted by molar-refractivity contribution is 0.0734. The third kappa shape index (κ3) is 5.07. The molecule has 0 spiro atoms. The molecule has 0 aliphatic carbocycles. The topological polar surface area (TPSA) is 77.0 Å². The zero-order valence-electron chi connectivity index (χ0n) is 18.2. The van der Waals surface area contributed by atoms with Gasteiger partial charge in [-0.15, -0.1) is 0 Å². The van der Waals surface area contributed by atoms with E-state index in [1.165, 1.54) is 13.3 Å². The van der Waals surface area contributed by atoms with Crippen molar-refractivity contribution < 1.29 is 19.1 Å². The highest BCUT2D eigenvalue weighted by Crippen LogP contribution is 2.27. The maximum Gasteiger partial charge on any atom is 0.343 e. The van der Waals surface area contributed by atoms with Crippen molar-refractivity contribution >= 4 is 28.9 Å². The van der Waals surface area contributed by atoms with Gasteiger partial charge in [-0.1, -0.05) is 54.1 Å². The van der Waals surface area contributed by atoms with Crippen molar-refractivity contribution in [3.8, 4) is 11.5 Å². The Labute approximate surface area is 191 Å². The Morgan fingerprint density at radius 3 is 2.48 bits per heavy atom. The van der Waals surface area contributed by atoms with Crippen molar-refractivity contribution in [2.24, 2.45) is 5.10 Å². The summed E-state index contributed by atoms with van der Waals surface area (Å²) >= 11 is 0. The molecule has 0 fully saturated rings. The summed E-state index contributed by atoms with van der Waals surface area (Å²) in [6.45, 7) is 1.91. The van der Waals surface area contributed by atoms with Crippen molar-refractivity contribution in [1.29, 1.82) is 0 Å². The number of nitrogens with one attached hydrogen (secondary N) is 1. The third-order valence-corrected chi connectivity index (χ3v) is 5.08. The second-order valence-electron chi connectivity index (χ2n) is 7.39. The lowest BCUT2D eigenvalue weighted by Gasteiger charge is -2.11. The van der Waals surface area contributed by atoms with Gasteiger partial charge in [-0.2, -0.15) is 5.10 Å². The molecule has 0 saturated carbocycles. The maximum atomic E-state index is 12.7. The van der Waals surface area contributed by atoms with Crippen molar-refractivity contribution in [2.75, 3.05) is 7.11 Å². The number of ether oxygens (including phenoxy) is 2. The first kappa shape index (κ1) is 21.8. The maximum absolute atomic E-state index is 12.7. The molecule has 33 heavy (non-hydrogen) atoms. The van der Waals surface area contributed by atoms with Crippen LogP contribution >= 0.6 is 0 Å². The molecular formula is C27H22N2O4. The van der Waals surface area contributed by atoms with Gasteiger partial charge in [-0.05, 0) is 54.1 Å². The predicted molar refractivity (Wildman–Crippen MR) is 128 cm³/mol.